The molecule has 76 valence electrons. The Morgan fingerprint density at radius 3 is 2.87 bits per heavy atom. The van der Waals surface area contributed by atoms with Gasteiger partial charge in [0.05, 0.1) is 5.69 Å². The number of Topliss-reactive ketones (excluding diaryl/α,β-unsaturated/α-hetero) is 1. The highest BCUT2D eigenvalue weighted by atomic mass is 35.5. The number of hydrogen-bond acceptors (Lipinski definition) is 4. The average Bonchev–Trinajstić information content (AvgIpc) is 2.70. The lowest BCUT2D eigenvalue weighted by atomic mass is 10.1. The van der Waals surface area contributed by atoms with Gasteiger partial charge in [0, 0.05) is 10.6 Å². The van der Waals surface area contributed by atoms with Crippen molar-refractivity contribution in [3.63, 3.8) is 0 Å². The van der Waals surface area contributed by atoms with Crippen LogP contribution in [0.25, 0.3) is 5.69 Å². The van der Waals surface area contributed by atoms with Crippen LogP contribution in [0, 0.1) is 0 Å². The van der Waals surface area contributed by atoms with Gasteiger partial charge in [-0.2, -0.15) is 4.68 Å². The summed E-state index contributed by atoms with van der Waals surface area (Å²) < 4.78 is 1.42. The number of halogens is 1. The van der Waals surface area contributed by atoms with Crippen molar-refractivity contribution in [3.8, 4) is 5.69 Å². The van der Waals surface area contributed by atoms with E-state index in [-0.39, 0.29) is 5.78 Å². The number of carbonyl (C=O) groups excluding carboxylic acids is 1. The van der Waals surface area contributed by atoms with Crippen LogP contribution < -0.4 is 0 Å². The van der Waals surface area contributed by atoms with E-state index in [1.165, 1.54) is 17.9 Å². The van der Waals surface area contributed by atoms with E-state index >= 15 is 0 Å². The minimum Gasteiger partial charge on any atom is -0.294 e. The van der Waals surface area contributed by atoms with Gasteiger partial charge in [-0.05, 0) is 35.5 Å². The van der Waals surface area contributed by atoms with Crippen molar-refractivity contribution in [2.24, 2.45) is 0 Å². The van der Waals surface area contributed by atoms with Crippen molar-refractivity contribution in [3.05, 3.63) is 35.1 Å². The van der Waals surface area contributed by atoms with E-state index in [2.05, 4.69) is 15.5 Å². The second kappa shape index (κ2) is 3.78. The van der Waals surface area contributed by atoms with Gasteiger partial charge >= 0.3 is 0 Å². The minimum absolute atomic E-state index is 0.0806. The van der Waals surface area contributed by atoms with Crippen LogP contribution in [0.1, 0.15) is 17.3 Å². The molecule has 0 saturated carbocycles. The third kappa shape index (κ3) is 1.87. The predicted octanol–water partition coefficient (Wildman–Crippen LogP) is 1.52. The number of ketones is 1. The molecule has 0 N–H and O–H groups in total. The molecule has 0 atom stereocenters. The fraction of sp³-hybridized carbons (Fsp3) is 0.111. The molecule has 1 aromatic carbocycles. The molecule has 0 spiro atoms. The van der Waals surface area contributed by atoms with Gasteiger partial charge < -0.3 is 0 Å². The van der Waals surface area contributed by atoms with Gasteiger partial charge in [0.2, 0.25) is 0 Å². The van der Waals surface area contributed by atoms with Crippen molar-refractivity contribution >= 4 is 17.4 Å². The largest absolute Gasteiger partial charge is 0.294 e. The van der Waals surface area contributed by atoms with Gasteiger partial charge in [0.15, 0.2) is 5.78 Å². The van der Waals surface area contributed by atoms with Crippen LogP contribution in [0.4, 0.5) is 0 Å². The van der Waals surface area contributed by atoms with E-state index in [4.69, 9.17) is 11.6 Å². The Morgan fingerprint density at radius 2 is 2.27 bits per heavy atom. The Morgan fingerprint density at radius 1 is 1.47 bits per heavy atom. The number of aromatic nitrogens is 4. The van der Waals surface area contributed by atoms with E-state index in [1.807, 2.05) is 0 Å². The standard InChI is InChI=1S/C9H7ClN4O/c1-6(15)8-4-7(10)2-3-9(8)14-5-11-12-13-14/h2-5H,1H3. The van der Waals surface area contributed by atoms with Crippen molar-refractivity contribution in [1.82, 2.24) is 20.2 Å². The summed E-state index contributed by atoms with van der Waals surface area (Å²) in [6, 6.07) is 4.99. The first kappa shape index (κ1) is 9.79. The van der Waals surface area contributed by atoms with Crippen LogP contribution in [0.15, 0.2) is 24.5 Å². The first-order chi connectivity index (χ1) is 7.18. The van der Waals surface area contributed by atoms with Crippen LogP contribution in [0.5, 0.6) is 0 Å². The molecule has 15 heavy (non-hydrogen) atoms. The van der Waals surface area contributed by atoms with Crippen molar-refractivity contribution in [2.45, 2.75) is 6.92 Å². The maximum absolute atomic E-state index is 11.4. The van der Waals surface area contributed by atoms with Gasteiger partial charge in [0.1, 0.15) is 6.33 Å². The monoisotopic (exact) mass is 222 g/mol. The van der Waals surface area contributed by atoms with Crippen LogP contribution >= 0.6 is 11.6 Å². The Balaban J connectivity index is 2.61. The fourth-order valence-electron chi connectivity index (χ4n) is 1.26. The number of tetrazole rings is 1. The zero-order chi connectivity index (χ0) is 10.8. The van der Waals surface area contributed by atoms with Gasteiger partial charge in [0.25, 0.3) is 0 Å². The van der Waals surface area contributed by atoms with Gasteiger partial charge in [-0.1, -0.05) is 11.6 Å². The number of nitrogens with zero attached hydrogens (tertiary/aromatic N) is 4. The Bertz CT molecular complexity index is 495. The summed E-state index contributed by atoms with van der Waals surface area (Å²) in [4.78, 5) is 11.4. The molecule has 2 rings (SSSR count). The maximum atomic E-state index is 11.4. The lowest BCUT2D eigenvalue weighted by Crippen LogP contribution is -2.04. The maximum Gasteiger partial charge on any atom is 0.162 e. The number of rotatable bonds is 2. The van der Waals surface area contributed by atoms with Crippen LogP contribution in [0.2, 0.25) is 5.02 Å². The Labute approximate surface area is 90.7 Å². The molecule has 0 aliphatic heterocycles. The molecule has 0 bridgehead atoms. The van der Waals surface area contributed by atoms with E-state index in [1.54, 1.807) is 18.2 Å². The summed E-state index contributed by atoms with van der Waals surface area (Å²) in [5, 5.41) is 11.2. The SMILES string of the molecule is CC(=O)c1cc(Cl)ccc1-n1cnnn1. The molecule has 0 fully saturated rings. The highest BCUT2D eigenvalue weighted by Crippen LogP contribution is 2.19. The van der Waals surface area contributed by atoms with Crippen LogP contribution in [-0.2, 0) is 0 Å². The molecular formula is C9H7ClN4O. The molecule has 5 nitrogen and oxygen atoms in total. The van der Waals surface area contributed by atoms with Crippen molar-refractivity contribution in [1.29, 1.82) is 0 Å². The Hall–Kier alpha value is -1.75. The van der Waals surface area contributed by atoms with Gasteiger partial charge in [-0.25, -0.2) is 0 Å². The number of benzene rings is 1. The number of carbonyl (C=O) groups is 1. The van der Waals surface area contributed by atoms with Crippen LogP contribution in [0.3, 0.4) is 0 Å². The van der Waals surface area contributed by atoms with E-state index in [9.17, 15) is 4.79 Å². The topological polar surface area (TPSA) is 60.7 Å². The fourth-order valence-corrected chi connectivity index (χ4v) is 1.43. The second-order valence-electron chi connectivity index (χ2n) is 2.97. The zero-order valence-corrected chi connectivity index (χ0v) is 8.64. The van der Waals surface area contributed by atoms with E-state index < -0.39 is 0 Å². The summed E-state index contributed by atoms with van der Waals surface area (Å²) in [6.07, 6.45) is 1.43. The molecule has 0 unspecified atom stereocenters. The molecular weight excluding hydrogens is 216 g/mol. The molecule has 0 aliphatic carbocycles. The summed E-state index contributed by atoms with van der Waals surface area (Å²) in [7, 11) is 0. The molecule has 1 heterocycles. The Kier molecular flexibility index (Phi) is 2.47. The molecule has 2 aromatic rings. The lowest BCUT2D eigenvalue weighted by molar-refractivity contribution is 0.101. The molecule has 6 heteroatoms. The first-order valence-corrected chi connectivity index (χ1v) is 4.60. The van der Waals surface area contributed by atoms with Gasteiger partial charge in [-0.15, -0.1) is 5.10 Å². The zero-order valence-electron chi connectivity index (χ0n) is 7.88. The van der Waals surface area contributed by atoms with Crippen LogP contribution in [-0.4, -0.2) is 26.0 Å². The highest BCUT2D eigenvalue weighted by molar-refractivity contribution is 6.31. The normalized spacial score (nSPS) is 10.3. The molecule has 0 aliphatic rings. The van der Waals surface area contributed by atoms with Gasteiger partial charge in [-0.3, -0.25) is 4.79 Å². The third-order valence-corrected chi connectivity index (χ3v) is 2.17. The van der Waals surface area contributed by atoms with E-state index in [0.717, 1.165) is 0 Å². The second-order valence-corrected chi connectivity index (χ2v) is 3.41. The summed E-state index contributed by atoms with van der Waals surface area (Å²) >= 11 is 5.81. The molecule has 0 amide bonds. The van der Waals surface area contributed by atoms with Crippen molar-refractivity contribution < 1.29 is 4.79 Å². The predicted molar refractivity (Wildman–Crippen MR) is 54.2 cm³/mol. The molecule has 1 aromatic heterocycles. The first-order valence-electron chi connectivity index (χ1n) is 4.22. The minimum atomic E-state index is -0.0806. The van der Waals surface area contributed by atoms with Crippen molar-refractivity contribution in [2.75, 3.05) is 0 Å². The molecule has 0 radical (unpaired) electrons. The summed E-state index contributed by atoms with van der Waals surface area (Å²) in [6.45, 7) is 1.47. The summed E-state index contributed by atoms with van der Waals surface area (Å²) in [5.41, 5.74) is 1.12. The smallest absolute Gasteiger partial charge is 0.162 e. The highest BCUT2D eigenvalue weighted by Gasteiger charge is 2.10. The lowest BCUT2D eigenvalue weighted by Gasteiger charge is -2.05. The average molecular weight is 223 g/mol. The summed E-state index contributed by atoms with van der Waals surface area (Å²) in [5.74, 6) is -0.0806. The van der Waals surface area contributed by atoms with E-state index in [0.29, 0.717) is 16.3 Å². The quantitative estimate of drug-likeness (QED) is 0.723. The number of hydrogen-bond donors (Lipinski definition) is 0. The third-order valence-electron chi connectivity index (χ3n) is 1.93. The molecule has 0 saturated heterocycles.